The first-order valence-corrected chi connectivity index (χ1v) is 8.47. The zero-order valence-electron chi connectivity index (χ0n) is 13.8. The van der Waals surface area contributed by atoms with Gasteiger partial charge in [0.15, 0.2) is 5.96 Å². The third-order valence-electron chi connectivity index (χ3n) is 4.58. The molecule has 0 bridgehead atoms. The summed E-state index contributed by atoms with van der Waals surface area (Å²) in [4.78, 5) is 9.49. The molecule has 0 amide bonds. The van der Waals surface area contributed by atoms with Gasteiger partial charge >= 0.3 is 0 Å². The largest absolute Gasteiger partial charge is 0.355 e. The van der Waals surface area contributed by atoms with Gasteiger partial charge in [-0.05, 0) is 44.7 Å². The fraction of sp³-hybridized carbons (Fsp3) is 0.938. The van der Waals surface area contributed by atoms with E-state index in [1.54, 1.807) is 0 Å². The molecule has 1 atom stereocenters. The predicted octanol–water partition coefficient (Wildman–Crippen LogP) is 2.79. The summed E-state index contributed by atoms with van der Waals surface area (Å²) >= 11 is 0. The van der Waals surface area contributed by atoms with Gasteiger partial charge in [-0.1, -0.05) is 19.8 Å². The van der Waals surface area contributed by atoms with Crippen molar-refractivity contribution in [3.63, 3.8) is 0 Å². The molecular weight excluding hydrogens is 375 g/mol. The molecule has 0 spiro atoms. The van der Waals surface area contributed by atoms with E-state index in [0.717, 1.165) is 38.1 Å². The summed E-state index contributed by atoms with van der Waals surface area (Å²) in [7, 11) is 1.91. The SMILES string of the molecule is CN=C(NCCN1CCCCCC1)N1CCCC(C)C1.I. The van der Waals surface area contributed by atoms with Gasteiger partial charge in [-0.25, -0.2) is 0 Å². The van der Waals surface area contributed by atoms with Crippen LogP contribution in [0.25, 0.3) is 0 Å². The lowest BCUT2D eigenvalue weighted by atomic mass is 10.0. The Morgan fingerprint density at radius 2 is 1.81 bits per heavy atom. The molecule has 2 fully saturated rings. The topological polar surface area (TPSA) is 30.9 Å². The highest BCUT2D eigenvalue weighted by molar-refractivity contribution is 14.0. The normalized spacial score (nSPS) is 25.1. The van der Waals surface area contributed by atoms with Crippen LogP contribution >= 0.6 is 24.0 Å². The van der Waals surface area contributed by atoms with Crippen LogP contribution in [0.2, 0.25) is 0 Å². The molecule has 124 valence electrons. The molecule has 2 saturated heterocycles. The number of nitrogens with one attached hydrogen (secondary N) is 1. The second kappa shape index (κ2) is 10.6. The molecule has 5 heteroatoms. The van der Waals surface area contributed by atoms with Crippen molar-refractivity contribution >= 4 is 29.9 Å². The molecule has 2 rings (SSSR count). The highest BCUT2D eigenvalue weighted by atomic mass is 127. The summed E-state index contributed by atoms with van der Waals surface area (Å²) in [6, 6.07) is 0. The smallest absolute Gasteiger partial charge is 0.193 e. The Labute approximate surface area is 147 Å². The molecule has 4 nitrogen and oxygen atoms in total. The molecule has 0 aromatic rings. The molecular formula is C16H33IN4. The van der Waals surface area contributed by atoms with Crippen molar-refractivity contribution < 1.29 is 0 Å². The second-order valence-corrected chi connectivity index (χ2v) is 6.42. The summed E-state index contributed by atoms with van der Waals surface area (Å²) in [6.07, 6.45) is 8.24. The van der Waals surface area contributed by atoms with E-state index >= 15 is 0 Å². The van der Waals surface area contributed by atoms with E-state index in [-0.39, 0.29) is 24.0 Å². The minimum atomic E-state index is 0. The van der Waals surface area contributed by atoms with E-state index < -0.39 is 0 Å². The molecule has 2 aliphatic rings. The Balaban J connectivity index is 0.00000220. The number of hydrogen-bond donors (Lipinski definition) is 1. The third-order valence-corrected chi connectivity index (χ3v) is 4.58. The molecule has 0 aromatic heterocycles. The summed E-state index contributed by atoms with van der Waals surface area (Å²) in [5.74, 6) is 1.90. The fourth-order valence-electron chi connectivity index (χ4n) is 3.40. The predicted molar refractivity (Wildman–Crippen MR) is 102 cm³/mol. The first-order valence-electron chi connectivity index (χ1n) is 8.47. The van der Waals surface area contributed by atoms with Crippen LogP contribution < -0.4 is 5.32 Å². The number of nitrogens with zero attached hydrogens (tertiary/aromatic N) is 3. The van der Waals surface area contributed by atoms with Gasteiger partial charge in [-0.3, -0.25) is 4.99 Å². The van der Waals surface area contributed by atoms with Crippen LogP contribution in [0, 0.1) is 5.92 Å². The lowest BCUT2D eigenvalue weighted by molar-refractivity contribution is 0.260. The van der Waals surface area contributed by atoms with Gasteiger partial charge < -0.3 is 15.1 Å². The number of rotatable bonds is 3. The Kier molecular flexibility index (Phi) is 9.64. The van der Waals surface area contributed by atoms with E-state index in [1.807, 2.05) is 7.05 Å². The highest BCUT2D eigenvalue weighted by Crippen LogP contribution is 2.15. The van der Waals surface area contributed by atoms with Crippen molar-refractivity contribution in [2.75, 3.05) is 46.3 Å². The van der Waals surface area contributed by atoms with Gasteiger partial charge in [0.2, 0.25) is 0 Å². The minimum Gasteiger partial charge on any atom is -0.355 e. The van der Waals surface area contributed by atoms with Gasteiger partial charge in [-0.15, -0.1) is 24.0 Å². The van der Waals surface area contributed by atoms with Gasteiger partial charge in [0.25, 0.3) is 0 Å². The standard InChI is InChI=1S/C16H32N4.HI/c1-15-8-7-12-20(14-15)16(17-2)18-9-13-19-10-5-3-4-6-11-19;/h15H,3-14H2,1-2H3,(H,17,18);1H. The molecule has 0 aliphatic carbocycles. The average Bonchev–Trinajstić information content (AvgIpc) is 2.72. The number of piperidine rings is 1. The number of guanidine groups is 1. The first-order chi connectivity index (χ1) is 9.79. The molecule has 21 heavy (non-hydrogen) atoms. The van der Waals surface area contributed by atoms with Gasteiger partial charge in [0.05, 0.1) is 0 Å². The van der Waals surface area contributed by atoms with Crippen LogP contribution in [0.1, 0.15) is 45.4 Å². The Morgan fingerprint density at radius 1 is 1.10 bits per heavy atom. The first kappa shape index (κ1) is 19.0. The minimum absolute atomic E-state index is 0. The number of hydrogen-bond acceptors (Lipinski definition) is 2. The quantitative estimate of drug-likeness (QED) is 0.443. The van der Waals surface area contributed by atoms with E-state index in [2.05, 4.69) is 27.0 Å². The molecule has 2 aliphatic heterocycles. The van der Waals surface area contributed by atoms with Crippen molar-refractivity contribution in [2.45, 2.75) is 45.4 Å². The highest BCUT2D eigenvalue weighted by Gasteiger charge is 2.19. The van der Waals surface area contributed by atoms with Crippen molar-refractivity contribution in [3.05, 3.63) is 0 Å². The van der Waals surface area contributed by atoms with Crippen LogP contribution in [0.5, 0.6) is 0 Å². The lowest BCUT2D eigenvalue weighted by Gasteiger charge is -2.33. The van der Waals surface area contributed by atoms with Gasteiger partial charge in [0.1, 0.15) is 0 Å². The van der Waals surface area contributed by atoms with Crippen LogP contribution in [0.4, 0.5) is 0 Å². The summed E-state index contributed by atoms with van der Waals surface area (Å²) in [6.45, 7) is 9.40. The number of halogens is 1. The van der Waals surface area contributed by atoms with Crippen LogP contribution in [0.15, 0.2) is 4.99 Å². The summed E-state index contributed by atoms with van der Waals surface area (Å²) in [5, 5.41) is 3.56. The van der Waals surface area contributed by atoms with Crippen molar-refractivity contribution in [1.29, 1.82) is 0 Å². The average molecular weight is 408 g/mol. The Bertz CT molecular complexity index is 301. The molecule has 2 heterocycles. The van der Waals surface area contributed by atoms with Crippen LogP contribution in [-0.4, -0.2) is 62.1 Å². The number of aliphatic imine (C=N–C) groups is 1. The summed E-state index contributed by atoms with van der Waals surface area (Å²) in [5.41, 5.74) is 0. The van der Waals surface area contributed by atoms with Gasteiger partial charge in [0, 0.05) is 33.2 Å². The molecule has 1 unspecified atom stereocenters. The van der Waals surface area contributed by atoms with Crippen LogP contribution in [-0.2, 0) is 0 Å². The third kappa shape index (κ3) is 6.72. The van der Waals surface area contributed by atoms with Gasteiger partial charge in [-0.2, -0.15) is 0 Å². The van der Waals surface area contributed by atoms with E-state index in [0.29, 0.717) is 0 Å². The maximum atomic E-state index is 4.46. The number of likely N-dealkylation sites (tertiary alicyclic amines) is 2. The summed E-state index contributed by atoms with van der Waals surface area (Å²) < 4.78 is 0. The monoisotopic (exact) mass is 408 g/mol. The molecule has 0 saturated carbocycles. The molecule has 0 aromatic carbocycles. The van der Waals surface area contributed by atoms with Crippen LogP contribution in [0.3, 0.4) is 0 Å². The zero-order valence-corrected chi connectivity index (χ0v) is 16.1. The fourth-order valence-corrected chi connectivity index (χ4v) is 3.40. The van der Waals surface area contributed by atoms with Crippen molar-refractivity contribution in [3.8, 4) is 0 Å². The second-order valence-electron chi connectivity index (χ2n) is 6.42. The maximum Gasteiger partial charge on any atom is 0.193 e. The molecule has 0 radical (unpaired) electrons. The lowest BCUT2D eigenvalue weighted by Crippen LogP contribution is -2.48. The van der Waals surface area contributed by atoms with E-state index in [9.17, 15) is 0 Å². The Morgan fingerprint density at radius 3 is 2.43 bits per heavy atom. The van der Waals surface area contributed by atoms with E-state index in [1.165, 1.54) is 51.6 Å². The van der Waals surface area contributed by atoms with Crippen molar-refractivity contribution in [2.24, 2.45) is 10.9 Å². The van der Waals surface area contributed by atoms with E-state index in [4.69, 9.17) is 0 Å². The Hall–Kier alpha value is -0.0400. The zero-order chi connectivity index (χ0) is 14.2. The van der Waals surface area contributed by atoms with Crippen molar-refractivity contribution in [1.82, 2.24) is 15.1 Å². The maximum absolute atomic E-state index is 4.46. The molecule has 1 N–H and O–H groups in total.